The molecule has 3 nitrogen and oxygen atoms in total. The van der Waals surface area contributed by atoms with E-state index in [0.717, 1.165) is 56.9 Å². The average Bonchev–Trinajstić information content (AvgIpc) is 2.97. The van der Waals surface area contributed by atoms with E-state index in [1.54, 1.807) is 30.3 Å². The molecule has 0 aromatic heterocycles. The second kappa shape index (κ2) is 14.6. The van der Waals surface area contributed by atoms with Crippen LogP contribution in [0.5, 0.6) is 11.5 Å². The fourth-order valence-electron chi connectivity index (χ4n) is 5.79. The van der Waals surface area contributed by atoms with Gasteiger partial charge in [-0.05, 0) is 92.0 Å². The Morgan fingerprint density at radius 1 is 1.02 bits per heavy atom. The van der Waals surface area contributed by atoms with Crippen LogP contribution in [0.15, 0.2) is 66.8 Å². The summed E-state index contributed by atoms with van der Waals surface area (Å²) >= 11 is 0. The Labute approximate surface area is 236 Å². The summed E-state index contributed by atoms with van der Waals surface area (Å²) in [4.78, 5) is 0. The van der Waals surface area contributed by atoms with E-state index < -0.39 is 17.5 Å². The Morgan fingerprint density at radius 3 is 2.45 bits per heavy atom. The smallest absolute Gasteiger partial charge is 0.168 e. The van der Waals surface area contributed by atoms with Gasteiger partial charge < -0.3 is 14.6 Å². The van der Waals surface area contributed by atoms with Gasteiger partial charge in [-0.25, -0.2) is 13.2 Å². The van der Waals surface area contributed by atoms with E-state index in [4.69, 9.17) is 9.47 Å². The van der Waals surface area contributed by atoms with Crippen LogP contribution in [0.2, 0.25) is 0 Å². The lowest BCUT2D eigenvalue weighted by molar-refractivity contribution is 0.0727. The minimum Gasteiger partial charge on any atom is -0.491 e. The van der Waals surface area contributed by atoms with Crippen LogP contribution in [0.1, 0.15) is 87.7 Å². The summed E-state index contributed by atoms with van der Waals surface area (Å²) in [5, 5.41) is 10.3. The molecule has 2 aliphatic rings. The molecule has 40 heavy (non-hydrogen) atoms. The molecular formula is C34H41F3O3. The zero-order valence-corrected chi connectivity index (χ0v) is 23.4. The predicted octanol–water partition coefficient (Wildman–Crippen LogP) is 8.93. The first kappa shape index (κ1) is 30.0. The van der Waals surface area contributed by atoms with Gasteiger partial charge in [0, 0.05) is 12.0 Å². The summed E-state index contributed by atoms with van der Waals surface area (Å²) in [5.41, 5.74) is 1.70. The van der Waals surface area contributed by atoms with E-state index in [0.29, 0.717) is 29.9 Å². The minimum atomic E-state index is -0.768. The number of hydrogen-bond donors (Lipinski definition) is 1. The van der Waals surface area contributed by atoms with Crippen molar-refractivity contribution in [2.75, 3.05) is 13.2 Å². The van der Waals surface area contributed by atoms with E-state index >= 15 is 8.78 Å². The molecule has 0 saturated heterocycles. The summed E-state index contributed by atoms with van der Waals surface area (Å²) in [6, 6.07) is 8.00. The van der Waals surface area contributed by atoms with Gasteiger partial charge in [-0.2, -0.15) is 0 Å². The highest BCUT2D eigenvalue weighted by molar-refractivity contribution is 5.38. The first-order valence-corrected chi connectivity index (χ1v) is 14.6. The Morgan fingerprint density at radius 2 is 1.77 bits per heavy atom. The highest BCUT2D eigenvalue weighted by Gasteiger charge is 2.30. The molecule has 1 fully saturated rings. The van der Waals surface area contributed by atoms with Crippen LogP contribution in [0, 0.1) is 23.4 Å². The van der Waals surface area contributed by atoms with Crippen LogP contribution < -0.4 is 9.47 Å². The summed E-state index contributed by atoms with van der Waals surface area (Å²) in [7, 11) is 0. The van der Waals surface area contributed by atoms with Crippen molar-refractivity contribution in [1.29, 1.82) is 0 Å². The van der Waals surface area contributed by atoms with Crippen molar-refractivity contribution >= 4 is 0 Å². The van der Waals surface area contributed by atoms with Crippen molar-refractivity contribution < 1.29 is 27.8 Å². The van der Waals surface area contributed by atoms with Crippen LogP contribution in [0.4, 0.5) is 13.2 Å². The topological polar surface area (TPSA) is 38.7 Å². The molecular weight excluding hydrogens is 513 g/mol. The lowest BCUT2D eigenvalue weighted by atomic mass is 9.75. The molecule has 2 aromatic rings. The van der Waals surface area contributed by atoms with E-state index in [2.05, 4.69) is 13.5 Å². The number of ether oxygens (including phenoxy) is 2. The number of unbranched alkanes of at least 4 members (excludes halogenated alkanes) is 1. The molecule has 0 bridgehead atoms. The second-order valence-corrected chi connectivity index (χ2v) is 11.0. The average molecular weight is 555 g/mol. The largest absolute Gasteiger partial charge is 0.491 e. The molecule has 6 heteroatoms. The fourth-order valence-corrected chi connectivity index (χ4v) is 5.79. The predicted molar refractivity (Wildman–Crippen MR) is 153 cm³/mol. The number of hydrogen-bond acceptors (Lipinski definition) is 3. The third-order valence-electron chi connectivity index (χ3n) is 8.18. The lowest BCUT2D eigenvalue weighted by Crippen LogP contribution is -2.25. The highest BCUT2D eigenvalue weighted by atomic mass is 19.2. The lowest BCUT2D eigenvalue weighted by Gasteiger charge is -2.32. The zero-order chi connectivity index (χ0) is 28.5. The minimum absolute atomic E-state index is 0.0121. The maximum absolute atomic E-state index is 15.2. The standard InChI is InChI=1S/C34H41F3O3/c1-3-5-6-20-39-32-19-16-27(21-30(32)35)40-22-23-8-10-24(11-9-23)28-17-18-29(34(37)33(28)36)25-12-14-26(15-13-25)31(38)7-4-2/h3,8-10,16-19,21,24-26,31,38H,1,4-7,11-15,20,22H2,2H3. The number of benzene rings is 2. The Bertz CT molecular complexity index is 1200. The second-order valence-electron chi connectivity index (χ2n) is 11.0. The Kier molecular flexibility index (Phi) is 10.9. The van der Waals surface area contributed by atoms with Crippen molar-refractivity contribution in [1.82, 2.24) is 0 Å². The van der Waals surface area contributed by atoms with Crippen molar-refractivity contribution in [2.24, 2.45) is 5.92 Å². The molecule has 1 saturated carbocycles. The molecule has 1 N–H and O–H groups in total. The first-order chi connectivity index (χ1) is 19.4. The van der Waals surface area contributed by atoms with E-state index in [9.17, 15) is 9.50 Å². The van der Waals surface area contributed by atoms with Gasteiger partial charge in [-0.1, -0.05) is 49.8 Å². The highest BCUT2D eigenvalue weighted by Crippen LogP contribution is 2.40. The molecule has 4 rings (SSSR count). The number of halogens is 3. The molecule has 2 aromatic carbocycles. The SMILES string of the molecule is C=CCCCOc1ccc(OCC2=CCC(c3ccc(C4CCC(C(O)CCC)CC4)c(F)c3F)C=C2)cc1F. The van der Waals surface area contributed by atoms with Crippen LogP contribution in [0.3, 0.4) is 0 Å². The quantitative estimate of drug-likeness (QED) is 0.198. The number of aliphatic hydroxyl groups is 1. The van der Waals surface area contributed by atoms with Gasteiger partial charge >= 0.3 is 0 Å². The maximum atomic E-state index is 15.2. The van der Waals surface area contributed by atoms with Gasteiger partial charge in [0.15, 0.2) is 23.2 Å². The van der Waals surface area contributed by atoms with Crippen LogP contribution in [-0.2, 0) is 0 Å². The molecule has 216 valence electrons. The molecule has 0 radical (unpaired) electrons. The summed E-state index contributed by atoms with van der Waals surface area (Å²) in [5.74, 6) is -1.42. The molecule has 0 heterocycles. The molecule has 0 spiro atoms. The van der Waals surface area contributed by atoms with Crippen LogP contribution in [0.25, 0.3) is 0 Å². The van der Waals surface area contributed by atoms with Gasteiger partial charge in [0.2, 0.25) is 0 Å². The Balaban J connectivity index is 1.30. The first-order valence-electron chi connectivity index (χ1n) is 14.6. The van der Waals surface area contributed by atoms with Crippen molar-refractivity contribution in [2.45, 2.75) is 82.7 Å². The summed E-state index contributed by atoms with van der Waals surface area (Å²) in [6.07, 6.45) is 14.3. The van der Waals surface area contributed by atoms with Gasteiger partial charge in [-0.3, -0.25) is 0 Å². The third kappa shape index (κ3) is 7.60. The number of rotatable bonds is 13. The monoisotopic (exact) mass is 554 g/mol. The van der Waals surface area contributed by atoms with Crippen LogP contribution in [-0.4, -0.2) is 24.4 Å². The molecule has 2 unspecified atom stereocenters. The van der Waals surface area contributed by atoms with E-state index in [1.165, 1.54) is 6.07 Å². The molecule has 0 amide bonds. The van der Waals surface area contributed by atoms with Crippen LogP contribution >= 0.6 is 0 Å². The van der Waals surface area contributed by atoms with Gasteiger partial charge in [-0.15, -0.1) is 6.58 Å². The number of aliphatic hydroxyl groups excluding tert-OH is 1. The van der Waals surface area contributed by atoms with Crippen molar-refractivity contribution in [3.8, 4) is 11.5 Å². The van der Waals surface area contributed by atoms with E-state index in [1.807, 2.05) is 18.2 Å². The van der Waals surface area contributed by atoms with Gasteiger partial charge in [0.05, 0.1) is 12.7 Å². The van der Waals surface area contributed by atoms with Crippen molar-refractivity contribution in [3.05, 3.63) is 95.4 Å². The summed E-state index contributed by atoms with van der Waals surface area (Å²) < 4.78 is 55.9. The van der Waals surface area contributed by atoms with Gasteiger partial charge in [0.1, 0.15) is 12.4 Å². The zero-order valence-electron chi connectivity index (χ0n) is 23.4. The molecule has 2 aliphatic carbocycles. The van der Waals surface area contributed by atoms with Gasteiger partial charge in [0.25, 0.3) is 0 Å². The Hall–Kier alpha value is -2.99. The molecule has 2 atom stereocenters. The molecule has 0 aliphatic heterocycles. The van der Waals surface area contributed by atoms with Crippen molar-refractivity contribution in [3.63, 3.8) is 0 Å². The van der Waals surface area contributed by atoms with E-state index in [-0.39, 0.29) is 36.2 Å². The summed E-state index contributed by atoms with van der Waals surface area (Å²) in [6.45, 7) is 6.38. The third-order valence-corrected chi connectivity index (χ3v) is 8.18. The maximum Gasteiger partial charge on any atom is 0.168 e. The number of allylic oxidation sites excluding steroid dienone is 3. The fraction of sp³-hybridized carbons (Fsp3) is 0.471. The normalized spacial score (nSPS) is 21.5.